The highest BCUT2D eigenvalue weighted by Gasteiger charge is 2.14. The summed E-state index contributed by atoms with van der Waals surface area (Å²) in [6.07, 6.45) is 3.25. The van der Waals surface area contributed by atoms with Crippen molar-refractivity contribution in [1.82, 2.24) is 25.3 Å². The number of nitrogens with zero attached hydrogens (tertiary/aromatic N) is 4. The summed E-state index contributed by atoms with van der Waals surface area (Å²) in [5, 5.41) is 11.4. The first kappa shape index (κ1) is 26.2. The van der Waals surface area contributed by atoms with Crippen LogP contribution in [0.4, 0.5) is 0 Å². The zero-order valence-corrected chi connectivity index (χ0v) is 20.9. The maximum Gasteiger partial charge on any atom is 0.191 e. The molecule has 0 amide bonds. The Bertz CT molecular complexity index is 567. The highest BCUT2D eigenvalue weighted by Crippen LogP contribution is 2.14. The molecule has 7 heteroatoms. The monoisotopic (exact) mass is 492 g/mol. The molecule has 0 radical (unpaired) electrons. The van der Waals surface area contributed by atoms with Gasteiger partial charge in [0, 0.05) is 37.9 Å². The number of nitrogens with one attached hydrogen (secondary N) is 2. The van der Waals surface area contributed by atoms with Gasteiger partial charge in [0.05, 0.1) is 5.69 Å². The maximum atomic E-state index is 4.74. The largest absolute Gasteiger partial charge is 0.357 e. The lowest BCUT2D eigenvalue weighted by Crippen LogP contribution is -2.43. The second-order valence-electron chi connectivity index (χ2n) is 7.56. The highest BCUT2D eigenvalue weighted by atomic mass is 127. The molecule has 0 saturated heterocycles. The third-order valence-electron chi connectivity index (χ3n) is 4.97. The smallest absolute Gasteiger partial charge is 0.191 e. The molecule has 0 aliphatic carbocycles. The Labute approximate surface area is 183 Å². The van der Waals surface area contributed by atoms with Crippen LogP contribution in [0.25, 0.3) is 0 Å². The van der Waals surface area contributed by atoms with Crippen molar-refractivity contribution in [1.29, 1.82) is 0 Å². The maximum absolute atomic E-state index is 4.74. The molecule has 158 valence electrons. The number of halogens is 1. The Morgan fingerprint density at radius 1 is 1.22 bits per heavy atom. The minimum absolute atomic E-state index is 0. The summed E-state index contributed by atoms with van der Waals surface area (Å²) in [5.74, 6) is 0.913. The van der Waals surface area contributed by atoms with Gasteiger partial charge in [-0.2, -0.15) is 5.10 Å². The first-order valence-corrected chi connectivity index (χ1v) is 10.00. The average Bonchev–Trinajstić information content (AvgIpc) is 2.80. The van der Waals surface area contributed by atoms with E-state index < -0.39 is 0 Å². The molecule has 1 atom stereocenters. The molecule has 0 aliphatic rings. The number of hydrogen-bond donors (Lipinski definition) is 2. The SMILES string of the molecule is CCNC(=NCCCCN(C)C(C)C)NC(C)Cc1c(C)nn(C)c1C.I. The van der Waals surface area contributed by atoms with E-state index in [2.05, 4.69) is 69.2 Å². The van der Waals surface area contributed by atoms with Gasteiger partial charge in [0.15, 0.2) is 5.96 Å². The quantitative estimate of drug-likeness (QED) is 0.228. The highest BCUT2D eigenvalue weighted by molar-refractivity contribution is 14.0. The molecule has 1 heterocycles. The Morgan fingerprint density at radius 2 is 1.89 bits per heavy atom. The molecule has 0 fully saturated rings. The zero-order chi connectivity index (χ0) is 19.7. The zero-order valence-electron chi connectivity index (χ0n) is 18.6. The van der Waals surface area contributed by atoms with Crippen molar-refractivity contribution in [2.24, 2.45) is 12.0 Å². The molecule has 1 unspecified atom stereocenters. The number of rotatable bonds is 10. The van der Waals surface area contributed by atoms with E-state index in [0.717, 1.165) is 44.1 Å². The third kappa shape index (κ3) is 9.27. The van der Waals surface area contributed by atoms with Gasteiger partial charge in [0.2, 0.25) is 0 Å². The Morgan fingerprint density at radius 3 is 2.41 bits per heavy atom. The van der Waals surface area contributed by atoms with Crippen LogP contribution in [0.1, 0.15) is 57.5 Å². The van der Waals surface area contributed by atoms with Gasteiger partial charge in [-0.15, -0.1) is 24.0 Å². The van der Waals surface area contributed by atoms with Gasteiger partial charge < -0.3 is 15.5 Å². The summed E-state index contributed by atoms with van der Waals surface area (Å²) >= 11 is 0. The van der Waals surface area contributed by atoms with E-state index in [-0.39, 0.29) is 24.0 Å². The molecule has 27 heavy (non-hydrogen) atoms. The molecule has 0 spiro atoms. The van der Waals surface area contributed by atoms with Gasteiger partial charge in [-0.3, -0.25) is 9.67 Å². The van der Waals surface area contributed by atoms with Gasteiger partial charge in [0.25, 0.3) is 0 Å². The summed E-state index contributed by atoms with van der Waals surface area (Å²) < 4.78 is 1.96. The average molecular weight is 492 g/mol. The van der Waals surface area contributed by atoms with Crippen molar-refractivity contribution < 1.29 is 0 Å². The first-order valence-electron chi connectivity index (χ1n) is 10.00. The van der Waals surface area contributed by atoms with Crippen LogP contribution >= 0.6 is 24.0 Å². The number of aryl methyl sites for hydroxylation is 2. The van der Waals surface area contributed by atoms with E-state index >= 15 is 0 Å². The molecule has 0 bridgehead atoms. The molecule has 1 aromatic heterocycles. The standard InChI is InChI=1S/C20H40N6.HI/c1-9-21-20(22-12-10-11-13-25(7)15(2)3)23-16(4)14-19-17(5)24-26(8)18(19)6;/h15-16H,9-14H2,1-8H3,(H2,21,22,23);1H. The van der Waals surface area contributed by atoms with Gasteiger partial charge in [0.1, 0.15) is 0 Å². The predicted octanol–water partition coefficient (Wildman–Crippen LogP) is 3.26. The van der Waals surface area contributed by atoms with Crippen LogP contribution in [0.15, 0.2) is 4.99 Å². The van der Waals surface area contributed by atoms with E-state index in [1.165, 1.54) is 17.7 Å². The Hall–Kier alpha value is -0.830. The van der Waals surface area contributed by atoms with Gasteiger partial charge in [-0.1, -0.05) is 0 Å². The van der Waals surface area contributed by atoms with Crippen LogP contribution in [-0.4, -0.2) is 59.4 Å². The number of aliphatic imine (C=N–C) groups is 1. The molecule has 2 N–H and O–H groups in total. The lowest BCUT2D eigenvalue weighted by molar-refractivity contribution is 0.269. The van der Waals surface area contributed by atoms with Crippen LogP contribution in [0, 0.1) is 13.8 Å². The van der Waals surface area contributed by atoms with Crippen molar-refractivity contribution in [2.45, 2.75) is 72.9 Å². The van der Waals surface area contributed by atoms with Crippen molar-refractivity contribution >= 4 is 29.9 Å². The normalized spacial score (nSPS) is 13.0. The number of hydrogen-bond acceptors (Lipinski definition) is 3. The molecule has 0 saturated carbocycles. The molecule has 1 rings (SSSR count). The fourth-order valence-electron chi connectivity index (χ4n) is 2.95. The minimum atomic E-state index is 0. The van der Waals surface area contributed by atoms with E-state index in [0.29, 0.717) is 12.1 Å². The lowest BCUT2D eigenvalue weighted by atomic mass is 10.1. The summed E-state index contributed by atoms with van der Waals surface area (Å²) in [5.41, 5.74) is 3.70. The number of unbranched alkanes of at least 4 members (excludes halogenated alkanes) is 1. The van der Waals surface area contributed by atoms with Gasteiger partial charge >= 0.3 is 0 Å². The van der Waals surface area contributed by atoms with Crippen LogP contribution in [0.3, 0.4) is 0 Å². The Balaban J connectivity index is 0.00000676. The van der Waals surface area contributed by atoms with E-state index in [9.17, 15) is 0 Å². The molecule has 0 aliphatic heterocycles. The number of guanidine groups is 1. The predicted molar refractivity (Wildman–Crippen MR) is 127 cm³/mol. The van der Waals surface area contributed by atoms with Crippen molar-refractivity contribution in [3.63, 3.8) is 0 Å². The third-order valence-corrected chi connectivity index (χ3v) is 4.97. The number of aromatic nitrogens is 2. The summed E-state index contributed by atoms with van der Waals surface area (Å²) in [4.78, 5) is 7.12. The summed E-state index contributed by atoms with van der Waals surface area (Å²) in [6.45, 7) is 15.9. The van der Waals surface area contributed by atoms with Crippen molar-refractivity contribution in [2.75, 3.05) is 26.7 Å². The Kier molecular flexibility index (Phi) is 13.0. The molecular formula is C20H41IN6. The second-order valence-corrected chi connectivity index (χ2v) is 7.56. The minimum Gasteiger partial charge on any atom is -0.357 e. The topological polar surface area (TPSA) is 57.5 Å². The second kappa shape index (κ2) is 13.4. The molecular weight excluding hydrogens is 451 g/mol. The van der Waals surface area contributed by atoms with Crippen LogP contribution in [-0.2, 0) is 13.5 Å². The van der Waals surface area contributed by atoms with Gasteiger partial charge in [-0.05, 0) is 80.0 Å². The van der Waals surface area contributed by atoms with Crippen molar-refractivity contribution in [3.8, 4) is 0 Å². The van der Waals surface area contributed by atoms with Crippen LogP contribution < -0.4 is 10.6 Å². The molecule has 6 nitrogen and oxygen atoms in total. The lowest BCUT2D eigenvalue weighted by Gasteiger charge is -2.20. The first-order chi connectivity index (χ1) is 12.3. The van der Waals surface area contributed by atoms with Crippen molar-refractivity contribution in [3.05, 3.63) is 17.0 Å². The van der Waals surface area contributed by atoms with E-state index in [1.807, 2.05) is 11.7 Å². The van der Waals surface area contributed by atoms with E-state index in [1.54, 1.807) is 0 Å². The molecule has 1 aromatic rings. The summed E-state index contributed by atoms with van der Waals surface area (Å²) in [6, 6.07) is 0.916. The van der Waals surface area contributed by atoms with Crippen LogP contribution in [0.2, 0.25) is 0 Å². The fraction of sp³-hybridized carbons (Fsp3) is 0.800. The summed E-state index contributed by atoms with van der Waals surface area (Å²) in [7, 11) is 4.19. The van der Waals surface area contributed by atoms with Crippen LogP contribution in [0.5, 0.6) is 0 Å². The fourth-order valence-corrected chi connectivity index (χ4v) is 2.95. The van der Waals surface area contributed by atoms with Gasteiger partial charge in [-0.25, -0.2) is 0 Å². The molecule has 0 aromatic carbocycles. The van der Waals surface area contributed by atoms with E-state index in [4.69, 9.17) is 4.99 Å².